The molecule has 5 nitrogen and oxygen atoms in total. The zero-order chi connectivity index (χ0) is 19.7. The molecule has 0 saturated carbocycles. The Morgan fingerprint density at radius 3 is 2.54 bits per heavy atom. The van der Waals surface area contributed by atoms with E-state index < -0.39 is 5.91 Å². The van der Waals surface area contributed by atoms with E-state index in [-0.39, 0.29) is 5.91 Å². The number of fused-ring (bicyclic) bond motifs is 1. The highest BCUT2D eigenvalue weighted by atomic mass is 32.1. The number of thiophene rings is 1. The van der Waals surface area contributed by atoms with Crippen LogP contribution in [-0.4, -0.2) is 16.8 Å². The topological polar surface area (TPSA) is 85.1 Å². The van der Waals surface area contributed by atoms with Gasteiger partial charge in [-0.2, -0.15) is 0 Å². The van der Waals surface area contributed by atoms with Crippen LogP contribution in [0.5, 0.6) is 0 Å². The van der Waals surface area contributed by atoms with Crippen molar-refractivity contribution in [1.29, 1.82) is 0 Å². The number of aromatic nitrogens is 1. The third-order valence-corrected chi connectivity index (χ3v) is 7.12. The molecule has 0 radical (unpaired) electrons. The normalized spacial score (nSPS) is 13.6. The first-order valence-corrected chi connectivity index (χ1v) is 11.0. The number of nitrogens with two attached hydrogens (primary N) is 1. The lowest BCUT2D eigenvalue weighted by atomic mass is 10.0. The van der Waals surface area contributed by atoms with Crippen molar-refractivity contribution >= 4 is 39.5 Å². The van der Waals surface area contributed by atoms with Crippen molar-refractivity contribution in [1.82, 2.24) is 4.98 Å². The molecule has 0 saturated heterocycles. The number of anilines is 1. The van der Waals surface area contributed by atoms with Crippen molar-refractivity contribution < 1.29 is 9.59 Å². The fourth-order valence-corrected chi connectivity index (χ4v) is 5.61. The van der Waals surface area contributed by atoms with Crippen LogP contribution in [0.3, 0.4) is 0 Å². The quantitative estimate of drug-likeness (QED) is 0.605. The molecule has 0 unspecified atom stereocenters. The van der Waals surface area contributed by atoms with Crippen LogP contribution in [0.25, 0.3) is 10.6 Å². The van der Waals surface area contributed by atoms with Crippen molar-refractivity contribution in [3.05, 3.63) is 56.9 Å². The molecule has 3 N–H and O–H groups in total. The summed E-state index contributed by atoms with van der Waals surface area (Å²) in [4.78, 5) is 30.5. The molecule has 144 valence electrons. The molecule has 0 atom stereocenters. The third-order valence-electron chi connectivity index (χ3n) is 4.91. The number of benzene rings is 1. The van der Waals surface area contributed by atoms with E-state index in [4.69, 9.17) is 5.73 Å². The molecule has 0 bridgehead atoms. The maximum absolute atomic E-state index is 12.8. The van der Waals surface area contributed by atoms with E-state index in [1.54, 1.807) is 23.5 Å². The molecule has 1 aliphatic carbocycles. The second-order valence-electron chi connectivity index (χ2n) is 6.96. The second-order valence-corrected chi connectivity index (χ2v) is 8.92. The third kappa shape index (κ3) is 3.72. The Morgan fingerprint density at radius 2 is 1.86 bits per heavy atom. The van der Waals surface area contributed by atoms with Gasteiger partial charge in [0.25, 0.3) is 11.8 Å². The highest BCUT2D eigenvalue weighted by molar-refractivity contribution is 7.17. The molecular weight excluding hydrogens is 390 g/mol. The van der Waals surface area contributed by atoms with Gasteiger partial charge in [0.1, 0.15) is 10.0 Å². The zero-order valence-corrected chi connectivity index (χ0v) is 17.2. The van der Waals surface area contributed by atoms with Crippen molar-refractivity contribution in [3.63, 3.8) is 0 Å². The van der Waals surface area contributed by atoms with E-state index in [0.29, 0.717) is 16.1 Å². The maximum atomic E-state index is 12.8. The fraction of sp³-hybridized carbons (Fsp3) is 0.286. The van der Waals surface area contributed by atoms with Crippen LogP contribution in [-0.2, 0) is 12.8 Å². The Kier molecular flexibility index (Phi) is 5.28. The number of thiazole rings is 1. The lowest BCUT2D eigenvalue weighted by molar-refractivity contribution is 0.100. The van der Waals surface area contributed by atoms with Crippen LogP contribution < -0.4 is 11.1 Å². The smallest absolute Gasteiger partial charge is 0.256 e. The number of carbonyl (C=O) groups excluding carboxylic acids is 2. The Labute approximate surface area is 171 Å². The van der Waals surface area contributed by atoms with Gasteiger partial charge in [0.15, 0.2) is 0 Å². The average Bonchev–Trinajstić information content (AvgIpc) is 3.18. The number of primary amides is 1. The van der Waals surface area contributed by atoms with Crippen molar-refractivity contribution in [2.24, 2.45) is 5.73 Å². The summed E-state index contributed by atoms with van der Waals surface area (Å²) in [5.41, 5.74) is 9.67. The van der Waals surface area contributed by atoms with Gasteiger partial charge in [-0.1, -0.05) is 18.6 Å². The van der Waals surface area contributed by atoms with Gasteiger partial charge in [0.05, 0.1) is 5.56 Å². The van der Waals surface area contributed by atoms with Crippen LogP contribution >= 0.6 is 22.7 Å². The second kappa shape index (κ2) is 7.85. The average molecular weight is 412 g/mol. The minimum atomic E-state index is -0.468. The summed E-state index contributed by atoms with van der Waals surface area (Å²) in [6.07, 6.45) is 5.11. The number of carbonyl (C=O) groups is 2. The number of aryl methyl sites for hydroxylation is 2. The van der Waals surface area contributed by atoms with E-state index in [2.05, 4.69) is 10.3 Å². The Bertz CT molecular complexity index is 1030. The van der Waals surface area contributed by atoms with E-state index in [1.165, 1.54) is 16.2 Å². The van der Waals surface area contributed by atoms with Gasteiger partial charge in [-0.05, 0) is 50.3 Å². The number of amides is 2. The van der Waals surface area contributed by atoms with Crippen molar-refractivity contribution in [2.75, 3.05) is 5.32 Å². The lowest BCUT2D eigenvalue weighted by Gasteiger charge is -2.07. The Balaban J connectivity index is 1.57. The number of nitrogens with zero attached hydrogens (tertiary/aromatic N) is 1. The molecule has 0 fully saturated rings. The van der Waals surface area contributed by atoms with Crippen molar-refractivity contribution in [3.8, 4) is 10.6 Å². The van der Waals surface area contributed by atoms with Gasteiger partial charge in [0.2, 0.25) is 0 Å². The summed E-state index contributed by atoms with van der Waals surface area (Å²) in [5, 5.41) is 6.42. The number of nitrogens with one attached hydrogen (secondary N) is 1. The molecule has 2 aromatic heterocycles. The standard InChI is InChI=1S/C21H21N3O2S2/c1-12-11-27-20(23-12)14-9-7-13(8-10-14)19(26)24-21-17(18(22)25)15-5-3-2-4-6-16(15)28-21/h7-11H,2-6H2,1H3,(H2,22,25)(H,24,26). The van der Waals surface area contributed by atoms with Crippen LogP contribution in [0.1, 0.15) is 56.1 Å². The highest BCUT2D eigenvalue weighted by Gasteiger charge is 2.24. The molecule has 2 heterocycles. The minimum Gasteiger partial charge on any atom is -0.365 e. The summed E-state index contributed by atoms with van der Waals surface area (Å²) >= 11 is 3.07. The van der Waals surface area contributed by atoms with E-state index >= 15 is 0 Å². The molecule has 0 spiro atoms. The Hall–Kier alpha value is -2.51. The monoisotopic (exact) mass is 411 g/mol. The highest BCUT2D eigenvalue weighted by Crippen LogP contribution is 2.37. The van der Waals surface area contributed by atoms with E-state index in [1.807, 2.05) is 24.4 Å². The fourth-order valence-electron chi connectivity index (χ4n) is 3.52. The molecule has 4 rings (SSSR count). The minimum absolute atomic E-state index is 0.235. The van der Waals surface area contributed by atoms with Crippen LogP contribution in [0, 0.1) is 6.92 Å². The lowest BCUT2D eigenvalue weighted by Crippen LogP contribution is -2.18. The van der Waals surface area contributed by atoms with Crippen molar-refractivity contribution in [2.45, 2.75) is 39.0 Å². The first kappa shape index (κ1) is 18.8. The van der Waals surface area contributed by atoms with Crippen LogP contribution in [0.2, 0.25) is 0 Å². The molecule has 3 aromatic rings. The van der Waals surface area contributed by atoms with Gasteiger partial charge < -0.3 is 11.1 Å². The van der Waals surface area contributed by atoms with Gasteiger partial charge in [0, 0.05) is 27.1 Å². The summed E-state index contributed by atoms with van der Waals surface area (Å²) in [6.45, 7) is 1.96. The Morgan fingerprint density at radius 1 is 1.11 bits per heavy atom. The van der Waals surface area contributed by atoms with Gasteiger partial charge >= 0.3 is 0 Å². The predicted molar refractivity (Wildman–Crippen MR) is 114 cm³/mol. The molecule has 7 heteroatoms. The van der Waals surface area contributed by atoms with E-state index in [0.717, 1.165) is 53.9 Å². The molecule has 1 aromatic carbocycles. The zero-order valence-electron chi connectivity index (χ0n) is 15.6. The molecule has 2 amide bonds. The van der Waals surface area contributed by atoms with Gasteiger partial charge in [-0.25, -0.2) is 4.98 Å². The first-order valence-electron chi connectivity index (χ1n) is 9.31. The number of rotatable bonds is 4. The summed E-state index contributed by atoms with van der Waals surface area (Å²) in [7, 11) is 0. The molecular formula is C21H21N3O2S2. The van der Waals surface area contributed by atoms with E-state index in [9.17, 15) is 9.59 Å². The summed E-state index contributed by atoms with van der Waals surface area (Å²) in [6, 6.07) is 7.35. The number of hydrogen-bond donors (Lipinski definition) is 2. The summed E-state index contributed by atoms with van der Waals surface area (Å²) in [5.74, 6) is -0.704. The maximum Gasteiger partial charge on any atom is 0.256 e. The predicted octanol–water partition coefficient (Wildman–Crippen LogP) is 4.80. The first-order chi connectivity index (χ1) is 13.5. The largest absolute Gasteiger partial charge is 0.365 e. The summed E-state index contributed by atoms with van der Waals surface area (Å²) < 4.78 is 0. The molecule has 1 aliphatic rings. The molecule has 0 aliphatic heterocycles. The van der Waals surface area contributed by atoms with Gasteiger partial charge in [-0.15, -0.1) is 22.7 Å². The number of hydrogen-bond acceptors (Lipinski definition) is 5. The van der Waals surface area contributed by atoms with Crippen LogP contribution in [0.15, 0.2) is 29.6 Å². The van der Waals surface area contributed by atoms with Crippen LogP contribution in [0.4, 0.5) is 5.00 Å². The van der Waals surface area contributed by atoms with Gasteiger partial charge in [-0.3, -0.25) is 9.59 Å². The molecule has 28 heavy (non-hydrogen) atoms. The SMILES string of the molecule is Cc1csc(-c2ccc(C(=O)Nc3sc4c(c3C(N)=O)CCCCC4)cc2)n1.